The van der Waals surface area contributed by atoms with Crippen LogP contribution in [0.15, 0.2) is 224 Å². The molecular formula is C72H64BN3. The van der Waals surface area contributed by atoms with Gasteiger partial charge in [-0.15, -0.1) is 0 Å². The van der Waals surface area contributed by atoms with Crippen molar-refractivity contribution in [2.75, 3.05) is 9.80 Å². The second kappa shape index (κ2) is 18.5. The Bertz CT molecular complexity index is 3750. The molecule has 2 heterocycles. The second-order valence-corrected chi connectivity index (χ2v) is 22.7. The maximum absolute atomic E-state index is 2.56. The molecule has 0 saturated heterocycles. The van der Waals surface area contributed by atoms with Crippen LogP contribution in [0.2, 0.25) is 0 Å². The maximum atomic E-state index is 2.56. The molecule has 0 fully saturated rings. The van der Waals surface area contributed by atoms with Gasteiger partial charge in [0.25, 0.3) is 0 Å². The fraction of sp³-hybridized carbons (Fsp3) is 0.167. The molecule has 4 heteroatoms. The van der Waals surface area contributed by atoms with Gasteiger partial charge in [0.05, 0.1) is 11.0 Å². The van der Waals surface area contributed by atoms with E-state index in [0.717, 1.165) is 50.8 Å². The molecule has 1 aromatic heterocycles. The highest BCUT2D eigenvalue weighted by atomic mass is 15.1. The highest BCUT2D eigenvalue weighted by Gasteiger charge is 2.45. The Hall–Kier alpha value is -8.34. The highest BCUT2D eigenvalue weighted by Crippen LogP contribution is 2.53. The predicted molar refractivity (Wildman–Crippen MR) is 327 cm³/mol. The van der Waals surface area contributed by atoms with Crippen molar-refractivity contribution in [3.05, 3.63) is 252 Å². The van der Waals surface area contributed by atoms with Gasteiger partial charge in [-0.1, -0.05) is 199 Å². The van der Waals surface area contributed by atoms with Gasteiger partial charge >= 0.3 is 0 Å². The molecule has 0 saturated carbocycles. The Morgan fingerprint density at radius 1 is 0.395 bits per heavy atom. The minimum absolute atomic E-state index is 0.0899. The number of hydrogen-bond acceptors (Lipinski definition) is 2. The highest BCUT2D eigenvalue weighted by molar-refractivity contribution is 6.99. The normalized spacial score (nSPS) is 13.2. The summed E-state index contributed by atoms with van der Waals surface area (Å²) in [6, 6.07) is 83.9. The van der Waals surface area contributed by atoms with Crippen LogP contribution in [0, 0.1) is 0 Å². The number of anilines is 6. The zero-order chi connectivity index (χ0) is 52.0. The summed E-state index contributed by atoms with van der Waals surface area (Å²) >= 11 is 0. The first kappa shape index (κ1) is 47.4. The minimum Gasteiger partial charge on any atom is -0.310 e. The van der Waals surface area contributed by atoms with Crippen LogP contribution in [0.5, 0.6) is 0 Å². The van der Waals surface area contributed by atoms with Crippen molar-refractivity contribution in [3.8, 4) is 27.9 Å². The molecular weight excluding hydrogens is 918 g/mol. The fourth-order valence-electron chi connectivity index (χ4n) is 13.2. The SMILES string of the molecule is CC(C)c1cc(C(C)C)c(B2c3ccc(-n4c5ccc(N(c6ccccc6)c6ccccc6)cc5c5cc(N(c6ccccc6)c6ccccc6)ccc54)cc3-c3c2ccc2c3C(C)(C)c3ccccc3-2)c(C(C)C)c1. The summed E-state index contributed by atoms with van der Waals surface area (Å²) in [6.07, 6.45) is 0. The molecule has 0 unspecified atom stereocenters. The molecule has 370 valence electrons. The number of hydrogen-bond donors (Lipinski definition) is 0. The number of rotatable bonds is 11. The van der Waals surface area contributed by atoms with E-state index in [1.54, 1.807) is 0 Å². The number of para-hydroxylation sites is 4. The predicted octanol–water partition coefficient (Wildman–Crippen LogP) is 17.9. The summed E-state index contributed by atoms with van der Waals surface area (Å²) < 4.78 is 2.54. The molecule has 0 N–H and O–H groups in total. The van der Waals surface area contributed by atoms with Crippen LogP contribution in [0.4, 0.5) is 34.1 Å². The van der Waals surface area contributed by atoms with Crippen molar-refractivity contribution in [2.45, 2.75) is 78.6 Å². The Morgan fingerprint density at radius 2 is 0.855 bits per heavy atom. The third-order valence-corrected chi connectivity index (χ3v) is 16.7. The lowest BCUT2D eigenvalue weighted by Gasteiger charge is -2.27. The van der Waals surface area contributed by atoms with Crippen molar-refractivity contribution in [3.63, 3.8) is 0 Å². The van der Waals surface area contributed by atoms with Gasteiger partial charge in [0.15, 0.2) is 0 Å². The standard InChI is InChI=1S/C72H64BN3/c1-46(2)49-41-59(47(3)4)71(60(42-49)48(5)6)73-65-37-33-56(45-63(65)69-66(73)38-36-58-57-31-21-22-32-64(57)72(7,8)70(58)69)76-67-39-34-54(74(50-23-13-9-14-24-50)51-25-15-10-16-26-51)43-61(67)62-44-55(35-40-68(62)76)75(52-27-17-11-18-28-52)53-29-19-12-20-30-53/h9-48H,1-8H3. The van der Waals surface area contributed by atoms with Crippen LogP contribution in [0.25, 0.3) is 49.7 Å². The fourth-order valence-corrected chi connectivity index (χ4v) is 13.2. The van der Waals surface area contributed by atoms with Gasteiger partial charge in [-0.25, -0.2) is 0 Å². The van der Waals surface area contributed by atoms with Gasteiger partial charge in [-0.3, -0.25) is 0 Å². The number of aromatic nitrogens is 1. The summed E-state index contributed by atoms with van der Waals surface area (Å²) in [4.78, 5) is 4.76. The average molecular weight is 982 g/mol. The summed E-state index contributed by atoms with van der Waals surface area (Å²) in [5, 5.41) is 2.38. The van der Waals surface area contributed by atoms with E-state index >= 15 is 0 Å². The van der Waals surface area contributed by atoms with Gasteiger partial charge in [0, 0.05) is 56.0 Å². The molecule has 76 heavy (non-hydrogen) atoms. The average Bonchev–Trinajstić information content (AvgIpc) is 4.26. The van der Waals surface area contributed by atoms with E-state index in [1.807, 2.05) is 0 Å². The molecule has 2 aliphatic rings. The Kier molecular flexibility index (Phi) is 11.5. The molecule has 3 nitrogen and oxygen atoms in total. The van der Waals surface area contributed by atoms with Crippen LogP contribution < -0.4 is 26.2 Å². The van der Waals surface area contributed by atoms with Crippen molar-refractivity contribution < 1.29 is 0 Å². The van der Waals surface area contributed by atoms with Gasteiger partial charge < -0.3 is 14.4 Å². The van der Waals surface area contributed by atoms with E-state index < -0.39 is 0 Å². The summed E-state index contributed by atoms with van der Waals surface area (Å²) in [5.41, 5.74) is 26.9. The lowest BCUT2D eigenvalue weighted by Crippen LogP contribution is -2.52. The second-order valence-electron chi connectivity index (χ2n) is 22.7. The minimum atomic E-state index is -0.199. The van der Waals surface area contributed by atoms with Crippen LogP contribution in [0.1, 0.15) is 101 Å². The van der Waals surface area contributed by atoms with E-state index in [-0.39, 0.29) is 12.1 Å². The zero-order valence-corrected chi connectivity index (χ0v) is 45.0. The molecule has 13 rings (SSSR count). The zero-order valence-electron chi connectivity index (χ0n) is 45.0. The van der Waals surface area contributed by atoms with Crippen molar-refractivity contribution >= 4 is 79.0 Å². The van der Waals surface area contributed by atoms with Crippen LogP contribution >= 0.6 is 0 Å². The monoisotopic (exact) mass is 982 g/mol. The number of fused-ring (bicyclic) bond motifs is 10. The van der Waals surface area contributed by atoms with Gasteiger partial charge in [0.2, 0.25) is 6.71 Å². The van der Waals surface area contributed by atoms with Crippen molar-refractivity contribution in [2.24, 2.45) is 0 Å². The third-order valence-electron chi connectivity index (χ3n) is 16.7. The number of benzene rings is 10. The first-order chi connectivity index (χ1) is 37.0. The molecule has 0 bridgehead atoms. The Balaban J connectivity index is 1.09. The van der Waals surface area contributed by atoms with E-state index in [0.29, 0.717) is 17.8 Å². The van der Waals surface area contributed by atoms with Crippen LogP contribution in [0.3, 0.4) is 0 Å². The van der Waals surface area contributed by atoms with E-state index in [9.17, 15) is 0 Å². The molecule has 1 aliphatic carbocycles. The van der Waals surface area contributed by atoms with Gasteiger partial charge in [-0.2, -0.15) is 0 Å². The third kappa shape index (κ3) is 7.55. The Morgan fingerprint density at radius 3 is 1.33 bits per heavy atom. The molecule has 11 aromatic rings. The van der Waals surface area contributed by atoms with Crippen LogP contribution in [-0.2, 0) is 5.41 Å². The van der Waals surface area contributed by atoms with E-state index in [1.165, 1.54) is 77.2 Å². The topological polar surface area (TPSA) is 11.4 Å². The van der Waals surface area contributed by atoms with Crippen LogP contribution in [-0.4, -0.2) is 11.3 Å². The first-order valence-electron chi connectivity index (χ1n) is 27.5. The first-order valence-corrected chi connectivity index (χ1v) is 27.5. The lowest BCUT2D eigenvalue weighted by atomic mass is 9.36. The molecule has 1 aliphatic heterocycles. The number of nitrogens with zero attached hydrogens (tertiary/aromatic N) is 3. The van der Waals surface area contributed by atoms with Crippen molar-refractivity contribution in [1.29, 1.82) is 0 Å². The Labute approximate surface area is 449 Å². The van der Waals surface area contributed by atoms with E-state index in [2.05, 4.69) is 294 Å². The van der Waals surface area contributed by atoms with Crippen molar-refractivity contribution in [1.82, 2.24) is 4.57 Å². The molecule has 0 atom stereocenters. The quantitative estimate of drug-likeness (QED) is 0.120. The van der Waals surface area contributed by atoms with E-state index in [4.69, 9.17) is 0 Å². The summed E-state index contributed by atoms with van der Waals surface area (Å²) in [5.74, 6) is 1.16. The summed E-state index contributed by atoms with van der Waals surface area (Å²) in [7, 11) is 0. The largest absolute Gasteiger partial charge is 0.310 e. The summed E-state index contributed by atoms with van der Waals surface area (Å²) in [6.45, 7) is 19.3. The van der Waals surface area contributed by atoms with Gasteiger partial charge in [-0.05, 0) is 165 Å². The lowest BCUT2D eigenvalue weighted by molar-refractivity contribution is 0.662. The molecule has 0 spiro atoms. The molecule has 10 aromatic carbocycles. The molecule has 0 amide bonds. The smallest absolute Gasteiger partial charge is 0.243 e. The maximum Gasteiger partial charge on any atom is 0.243 e. The van der Waals surface area contributed by atoms with Gasteiger partial charge in [0.1, 0.15) is 0 Å². The molecule has 0 radical (unpaired) electrons.